The van der Waals surface area contributed by atoms with Crippen LogP contribution in [-0.2, 0) is 6.54 Å². The van der Waals surface area contributed by atoms with Crippen LogP contribution in [0.4, 0.5) is 0 Å². The quantitative estimate of drug-likeness (QED) is 0.876. The number of aliphatic hydroxyl groups is 1. The van der Waals surface area contributed by atoms with Crippen LogP contribution >= 0.6 is 11.6 Å². The molecule has 1 aromatic carbocycles. The van der Waals surface area contributed by atoms with Crippen LogP contribution in [0.1, 0.15) is 31.2 Å². The van der Waals surface area contributed by atoms with Gasteiger partial charge in [0.1, 0.15) is 0 Å². The van der Waals surface area contributed by atoms with Gasteiger partial charge < -0.3 is 14.6 Å². The zero-order valence-electron chi connectivity index (χ0n) is 12.8. The molecule has 4 nitrogen and oxygen atoms in total. The van der Waals surface area contributed by atoms with Crippen molar-refractivity contribution in [2.45, 2.75) is 38.3 Å². The molecule has 1 aromatic rings. The fourth-order valence-corrected chi connectivity index (χ4v) is 3.35. The second kappa shape index (κ2) is 7.87. The van der Waals surface area contributed by atoms with Crippen LogP contribution < -0.4 is 9.47 Å². The van der Waals surface area contributed by atoms with Crippen molar-refractivity contribution < 1.29 is 14.6 Å². The SMILES string of the molecule is COc1cc(CN2CCCCC2CCO)cc(Cl)c1OC. The van der Waals surface area contributed by atoms with Crippen molar-refractivity contribution in [1.29, 1.82) is 0 Å². The van der Waals surface area contributed by atoms with E-state index in [0.29, 0.717) is 22.6 Å². The Kier molecular flexibility index (Phi) is 6.15. The first-order chi connectivity index (χ1) is 10.2. The van der Waals surface area contributed by atoms with Gasteiger partial charge >= 0.3 is 0 Å². The van der Waals surface area contributed by atoms with Gasteiger partial charge in [0.05, 0.1) is 19.2 Å². The number of ether oxygens (including phenoxy) is 2. The average molecular weight is 314 g/mol. The van der Waals surface area contributed by atoms with Crippen molar-refractivity contribution >= 4 is 11.6 Å². The van der Waals surface area contributed by atoms with Gasteiger partial charge in [0.25, 0.3) is 0 Å². The molecule has 1 fully saturated rings. The van der Waals surface area contributed by atoms with Crippen molar-refractivity contribution in [2.24, 2.45) is 0 Å². The Morgan fingerprint density at radius 3 is 2.76 bits per heavy atom. The van der Waals surface area contributed by atoms with E-state index in [2.05, 4.69) is 4.90 Å². The lowest BCUT2D eigenvalue weighted by Gasteiger charge is -2.35. The number of likely N-dealkylation sites (tertiary alicyclic amines) is 1. The Morgan fingerprint density at radius 2 is 2.10 bits per heavy atom. The van der Waals surface area contributed by atoms with Gasteiger partial charge in [0.15, 0.2) is 11.5 Å². The summed E-state index contributed by atoms with van der Waals surface area (Å²) in [5, 5.41) is 9.78. The van der Waals surface area contributed by atoms with Crippen molar-refractivity contribution in [3.63, 3.8) is 0 Å². The largest absolute Gasteiger partial charge is 0.493 e. The second-order valence-electron chi connectivity index (χ2n) is 5.45. The number of nitrogens with zero attached hydrogens (tertiary/aromatic N) is 1. The first kappa shape index (κ1) is 16.4. The molecule has 1 heterocycles. The standard InChI is InChI=1S/C16H24ClNO3/c1-20-15-10-12(9-14(17)16(15)21-2)11-18-7-4-3-5-13(18)6-8-19/h9-10,13,19H,3-8,11H2,1-2H3. The number of halogens is 1. The highest BCUT2D eigenvalue weighted by Crippen LogP contribution is 2.36. The minimum absolute atomic E-state index is 0.244. The summed E-state index contributed by atoms with van der Waals surface area (Å²) in [5.74, 6) is 1.24. The molecule has 1 N–H and O–H groups in total. The highest BCUT2D eigenvalue weighted by atomic mass is 35.5. The topological polar surface area (TPSA) is 41.9 Å². The number of aliphatic hydroxyl groups excluding tert-OH is 1. The highest BCUT2D eigenvalue weighted by Gasteiger charge is 2.22. The van der Waals surface area contributed by atoms with Crippen LogP contribution in [0.15, 0.2) is 12.1 Å². The molecule has 0 aromatic heterocycles. The van der Waals surface area contributed by atoms with E-state index >= 15 is 0 Å². The van der Waals surface area contributed by atoms with Gasteiger partial charge in [0.2, 0.25) is 0 Å². The summed E-state index contributed by atoms with van der Waals surface area (Å²) < 4.78 is 10.6. The van der Waals surface area contributed by atoms with Crippen LogP contribution in [0.25, 0.3) is 0 Å². The van der Waals surface area contributed by atoms with E-state index in [1.54, 1.807) is 14.2 Å². The van der Waals surface area contributed by atoms with Crippen LogP contribution in [0, 0.1) is 0 Å². The van der Waals surface area contributed by atoms with E-state index in [1.807, 2.05) is 12.1 Å². The molecule has 1 aliphatic rings. The van der Waals surface area contributed by atoms with Crippen LogP contribution in [0.5, 0.6) is 11.5 Å². The maximum atomic E-state index is 9.21. The van der Waals surface area contributed by atoms with Crippen molar-refractivity contribution in [3.05, 3.63) is 22.7 Å². The first-order valence-electron chi connectivity index (χ1n) is 7.45. The number of hydrogen-bond acceptors (Lipinski definition) is 4. The molecule has 0 spiro atoms. The summed E-state index contributed by atoms with van der Waals surface area (Å²) in [4.78, 5) is 2.43. The molecule has 1 saturated heterocycles. The summed E-state index contributed by atoms with van der Waals surface area (Å²) >= 11 is 6.27. The van der Waals surface area contributed by atoms with E-state index in [-0.39, 0.29) is 6.61 Å². The summed E-state index contributed by atoms with van der Waals surface area (Å²) in [5.41, 5.74) is 1.11. The Labute approximate surface area is 131 Å². The van der Waals surface area contributed by atoms with Crippen LogP contribution in [0.2, 0.25) is 5.02 Å². The molecule has 1 unspecified atom stereocenters. The van der Waals surface area contributed by atoms with Crippen LogP contribution in [-0.4, -0.2) is 43.4 Å². The summed E-state index contributed by atoms with van der Waals surface area (Å²) in [6.45, 7) is 2.13. The van der Waals surface area contributed by atoms with Crippen molar-refractivity contribution in [1.82, 2.24) is 4.90 Å². The number of methoxy groups -OCH3 is 2. The van der Waals surface area contributed by atoms with E-state index in [1.165, 1.54) is 12.8 Å². The Hall–Kier alpha value is -0.970. The lowest BCUT2D eigenvalue weighted by atomic mass is 9.98. The zero-order valence-corrected chi connectivity index (χ0v) is 13.5. The summed E-state index contributed by atoms with van der Waals surface area (Å²) in [6, 6.07) is 4.37. The lowest BCUT2D eigenvalue weighted by molar-refractivity contribution is 0.112. The molecule has 0 bridgehead atoms. The fraction of sp³-hybridized carbons (Fsp3) is 0.625. The van der Waals surface area contributed by atoms with Gasteiger partial charge in [-0.15, -0.1) is 0 Å². The van der Waals surface area contributed by atoms with E-state index in [4.69, 9.17) is 21.1 Å². The number of piperidine rings is 1. The van der Waals surface area contributed by atoms with Gasteiger partial charge in [-0.2, -0.15) is 0 Å². The molecule has 0 radical (unpaired) electrons. The van der Waals surface area contributed by atoms with Gasteiger partial charge in [-0.3, -0.25) is 4.90 Å². The maximum Gasteiger partial charge on any atom is 0.179 e. The van der Waals surface area contributed by atoms with Crippen molar-refractivity contribution in [3.8, 4) is 11.5 Å². The number of hydrogen-bond donors (Lipinski definition) is 1. The second-order valence-corrected chi connectivity index (χ2v) is 5.85. The van der Waals surface area contributed by atoms with Gasteiger partial charge in [-0.25, -0.2) is 0 Å². The smallest absolute Gasteiger partial charge is 0.179 e. The van der Waals surface area contributed by atoms with E-state index in [9.17, 15) is 5.11 Å². The highest BCUT2D eigenvalue weighted by molar-refractivity contribution is 6.32. The minimum atomic E-state index is 0.244. The van der Waals surface area contributed by atoms with Gasteiger partial charge in [0, 0.05) is 19.2 Å². The fourth-order valence-electron chi connectivity index (χ4n) is 3.04. The predicted molar refractivity (Wildman–Crippen MR) is 84.3 cm³/mol. The van der Waals surface area contributed by atoms with Crippen molar-refractivity contribution in [2.75, 3.05) is 27.4 Å². The molecule has 0 saturated carbocycles. The Bertz CT molecular complexity index is 465. The Morgan fingerprint density at radius 1 is 1.29 bits per heavy atom. The maximum absolute atomic E-state index is 9.21. The number of rotatable bonds is 6. The molecular weight excluding hydrogens is 290 g/mol. The third kappa shape index (κ3) is 4.02. The minimum Gasteiger partial charge on any atom is -0.493 e. The zero-order chi connectivity index (χ0) is 15.2. The predicted octanol–water partition coefficient (Wildman–Crippen LogP) is 3.09. The molecule has 0 amide bonds. The molecule has 118 valence electrons. The molecule has 5 heteroatoms. The monoisotopic (exact) mass is 313 g/mol. The third-order valence-corrected chi connectivity index (χ3v) is 4.37. The number of benzene rings is 1. The lowest BCUT2D eigenvalue weighted by Crippen LogP contribution is -2.39. The van der Waals surface area contributed by atoms with Crippen LogP contribution in [0.3, 0.4) is 0 Å². The molecule has 0 aliphatic carbocycles. The molecule has 2 rings (SSSR count). The van der Waals surface area contributed by atoms with E-state index < -0.39 is 0 Å². The first-order valence-corrected chi connectivity index (χ1v) is 7.82. The molecule has 21 heavy (non-hydrogen) atoms. The average Bonchev–Trinajstić information content (AvgIpc) is 2.49. The molecular formula is C16H24ClNO3. The molecule has 1 aliphatic heterocycles. The third-order valence-electron chi connectivity index (χ3n) is 4.09. The Balaban J connectivity index is 2.16. The summed E-state index contributed by atoms with van der Waals surface area (Å²) in [6.07, 6.45) is 4.44. The van der Waals surface area contributed by atoms with Gasteiger partial charge in [-0.1, -0.05) is 18.0 Å². The van der Waals surface area contributed by atoms with Gasteiger partial charge in [-0.05, 0) is 43.5 Å². The summed E-state index contributed by atoms with van der Waals surface area (Å²) in [7, 11) is 3.21. The molecule has 1 atom stereocenters. The van der Waals surface area contributed by atoms with E-state index in [0.717, 1.165) is 31.5 Å². The normalized spacial score (nSPS) is 19.5.